The van der Waals surface area contributed by atoms with Crippen molar-refractivity contribution in [3.05, 3.63) is 84.4 Å². The number of nitrogens with zero attached hydrogens (tertiary/aromatic N) is 4. The topological polar surface area (TPSA) is 119 Å². The van der Waals surface area contributed by atoms with Crippen LogP contribution in [-0.2, 0) is 16.4 Å². The Morgan fingerprint density at radius 3 is 2.58 bits per heavy atom. The predicted octanol–water partition coefficient (Wildman–Crippen LogP) is 2.86. The van der Waals surface area contributed by atoms with Crippen molar-refractivity contribution in [2.24, 2.45) is 0 Å². The SMILES string of the molecule is CS(=O)(=O)c1ccccc1N(Cc1ccc2ccc(N)nc2c1)C(=O)c1cnccn1. The molecule has 8 nitrogen and oxygen atoms in total. The molecule has 0 radical (unpaired) electrons. The number of sulfone groups is 1. The number of nitrogen functional groups attached to an aromatic ring is 1. The van der Waals surface area contributed by atoms with E-state index >= 15 is 0 Å². The molecule has 31 heavy (non-hydrogen) atoms. The summed E-state index contributed by atoms with van der Waals surface area (Å²) in [6.45, 7) is 0.106. The number of anilines is 2. The fourth-order valence-corrected chi connectivity index (χ4v) is 4.15. The van der Waals surface area contributed by atoms with Crippen molar-refractivity contribution in [2.75, 3.05) is 16.9 Å². The molecule has 9 heteroatoms. The average molecular weight is 433 g/mol. The lowest BCUT2D eigenvalue weighted by Crippen LogP contribution is -2.32. The number of aromatic nitrogens is 3. The van der Waals surface area contributed by atoms with Crippen LogP contribution in [0.2, 0.25) is 0 Å². The zero-order valence-corrected chi connectivity index (χ0v) is 17.5. The van der Waals surface area contributed by atoms with Crippen LogP contribution in [0, 0.1) is 0 Å². The molecule has 2 aromatic heterocycles. The third-order valence-corrected chi connectivity index (χ3v) is 5.85. The Morgan fingerprint density at radius 2 is 1.84 bits per heavy atom. The van der Waals surface area contributed by atoms with Crippen LogP contribution in [0.1, 0.15) is 16.1 Å². The largest absolute Gasteiger partial charge is 0.384 e. The minimum absolute atomic E-state index is 0.0513. The molecule has 0 atom stereocenters. The Labute approximate surface area is 179 Å². The van der Waals surface area contributed by atoms with E-state index in [1.807, 2.05) is 24.3 Å². The maximum atomic E-state index is 13.3. The Balaban J connectivity index is 1.83. The summed E-state index contributed by atoms with van der Waals surface area (Å²) in [6.07, 6.45) is 5.34. The number of rotatable bonds is 5. The number of carbonyl (C=O) groups excluding carboxylic acids is 1. The van der Waals surface area contributed by atoms with Crippen LogP contribution in [0.3, 0.4) is 0 Å². The number of benzene rings is 2. The first-order valence-corrected chi connectivity index (χ1v) is 11.2. The molecule has 2 heterocycles. The lowest BCUT2D eigenvalue weighted by atomic mass is 10.1. The van der Waals surface area contributed by atoms with Gasteiger partial charge in [0, 0.05) is 24.0 Å². The van der Waals surface area contributed by atoms with E-state index in [9.17, 15) is 13.2 Å². The van der Waals surface area contributed by atoms with Gasteiger partial charge in [-0.2, -0.15) is 0 Å². The summed E-state index contributed by atoms with van der Waals surface area (Å²) >= 11 is 0. The third-order valence-electron chi connectivity index (χ3n) is 4.70. The molecule has 0 spiro atoms. The van der Waals surface area contributed by atoms with Crippen molar-refractivity contribution < 1.29 is 13.2 Å². The van der Waals surface area contributed by atoms with Gasteiger partial charge in [-0.3, -0.25) is 9.78 Å². The van der Waals surface area contributed by atoms with Gasteiger partial charge in [0.1, 0.15) is 11.5 Å². The monoisotopic (exact) mass is 433 g/mol. The molecule has 156 valence electrons. The van der Waals surface area contributed by atoms with Gasteiger partial charge in [0.05, 0.1) is 28.8 Å². The summed E-state index contributed by atoms with van der Waals surface area (Å²) in [6, 6.07) is 15.5. The van der Waals surface area contributed by atoms with E-state index in [1.54, 1.807) is 24.3 Å². The maximum absolute atomic E-state index is 13.3. The molecule has 2 aromatic carbocycles. The predicted molar refractivity (Wildman–Crippen MR) is 118 cm³/mol. The highest BCUT2D eigenvalue weighted by molar-refractivity contribution is 7.90. The van der Waals surface area contributed by atoms with Crippen LogP contribution in [0.25, 0.3) is 10.9 Å². The second-order valence-electron chi connectivity index (χ2n) is 6.99. The van der Waals surface area contributed by atoms with Gasteiger partial charge in [0.15, 0.2) is 9.84 Å². The summed E-state index contributed by atoms with van der Waals surface area (Å²) in [5, 5.41) is 0.904. The Morgan fingerprint density at radius 1 is 1.06 bits per heavy atom. The van der Waals surface area contributed by atoms with Crippen LogP contribution >= 0.6 is 0 Å². The van der Waals surface area contributed by atoms with E-state index in [1.165, 1.54) is 29.6 Å². The summed E-state index contributed by atoms with van der Waals surface area (Å²) < 4.78 is 24.8. The maximum Gasteiger partial charge on any atom is 0.278 e. The van der Waals surface area contributed by atoms with Gasteiger partial charge in [0.25, 0.3) is 5.91 Å². The van der Waals surface area contributed by atoms with E-state index < -0.39 is 15.7 Å². The number of pyridine rings is 1. The summed E-state index contributed by atoms with van der Waals surface area (Å²) in [7, 11) is -3.59. The summed E-state index contributed by atoms with van der Waals surface area (Å²) in [5.74, 6) is -0.0793. The quantitative estimate of drug-likeness (QED) is 0.514. The van der Waals surface area contributed by atoms with Crippen molar-refractivity contribution in [2.45, 2.75) is 11.4 Å². The van der Waals surface area contributed by atoms with Crippen molar-refractivity contribution >= 4 is 38.2 Å². The van der Waals surface area contributed by atoms with Crippen molar-refractivity contribution in [3.8, 4) is 0 Å². The molecular formula is C22H19N5O3S. The highest BCUT2D eigenvalue weighted by Gasteiger charge is 2.25. The lowest BCUT2D eigenvalue weighted by molar-refractivity contribution is 0.0979. The highest BCUT2D eigenvalue weighted by Crippen LogP contribution is 2.28. The Hall–Kier alpha value is -3.85. The third kappa shape index (κ3) is 4.36. The first-order chi connectivity index (χ1) is 14.8. The van der Waals surface area contributed by atoms with Gasteiger partial charge in [-0.15, -0.1) is 0 Å². The van der Waals surface area contributed by atoms with Gasteiger partial charge < -0.3 is 10.6 Å². The van der Waals surface area contributed by atoms with Gasteiger partial charge >= 0.3 is 0 Å². The Kier molecular flexibility index (Phi) is 5.35. The molecule has 0 aliphatic heterocycles. The van der Waals surface area contributed by atoms with Gasteiger partial charge in [-0.1, -0.05) is 24.3 Å². The molecular weight excluding hydrogens is 414 g/mol. The molecule has 0 aliphatic rings. The van der Waals surface area contributed by atoms with Crippen LogP contribution in [0.15, 0.2) is 78.1 Å². The van der Waals surface area contributed by atoms with Crippen molar-refractivity contribution in [1.29, 1.82) is 0 Å². The molecule has 4 rings (SSSR count). The minimum atomic E-state index is -3.59. The fourth-order valence-electron chi connectivity index (χ4n) is 3.27. The fraction of sp³-hybridized carbons (Fsp3) is 0.0909. The summed E-state index contributed by atoms with van der Waals surface area (Å²) in [4.78, 5) is 27.2. The summed E-state index contributed by atoms with van der Waals surface area (Å²) in [5.41, 5.74) is 7.61. The molecule has 0 saturated carbocycles. The smallest absolute Gasteiger partial charge is 0.278 e. The average Bonchev–Trinajstić information content (AvgIpc) is 2.77. The van der Waals surface area contributed by atoms with E-state index in [2.05, 4.69) is 15.0 Å². The van der Waals surface area contributed by atoms with Gasteiger partial charge in [-0.25, -0.2) is 18.4 Å². The Bertz CT molecular complexity index is 1370. The zero-order valence-electron chi connectivity index (χ0n) is 16.6. The van der Waals surface area contributed by atoms with Crippen LogP contribution in [0.5, 0.6) is 0 Å². The second kappa shape index (κ2) is 8.11. The molecule has 0 saturated heterocycles. The number of hydrogen-bond donors (Lipinski definition) is 1. The number of amides is 1. The van der Waals surface area contributed by atoms with Crippen LogP contribution in [-0.4, -0.2) is 35.5 Å². The van der Waals surface area contributed by atoms with Crippen LogP contribution in [0.4, 0.5) is 11.5 Å². The molecule has 0 aliphatic carbocycles. The number of carbonyl (C=O) groups is 1. The van der Waals surface area contributed by atoms with E-state index in [-0.39, 0.29) is 22.8 Å². The first kappa shape index (κ1) is 20.4. The number of hydrogen-bond acceptors (Lipinski definition) is 7. The van der Waals surface area contributed by atoms with Gasteiger partial charge in [0.2, 0.25) is 0 Å². The minimum Gasteiger partial charge on any atom is -0.384 e. The van der Waals surface area contributed by atoms with Gasteiger partial charge in [-0.05, 0) is 35.9 Å². The normalized spacial score (nSPS) is 11.4. The molecule has 2 N–H and O–H groups in total. The lowest BCUT2D eigenvalue weighted by Gasteiger charge is -2.24. The molecule has 4 aromatic rings. The standard InChI is InChI=1S/C22H19N5O3S/c1-31(29,30)20-5-3-2-4-19(20)27(22(28)18-13-24-10-11-25-18)14-15-6-7-16-8-9-21(23)26-17(16)12-15/h2-13H,14H2,1H3,(H2,23,26). The molecule has 0 bridgehead atoms. The van der Waals surface area contributed by atoms with E-state index in [0.717, 1.165) is 17.2 Å². The first-order valence-electron chi connectivity index (χ1n) is 9.35. The molecule has 0 fully saturated rings. The highest BCUT2D eigenvalue weighted by atomic mass is 32.2. The number of para-hydroxylation sites is 1. The van der Waals surface area contributed by atoms with Crippen molar-refractivity contribution in [1.82, 2.24) is 15.0 Å². The van der Waals surface area contributed by atoms with Crippen molar-refractivity contribution in [3.63, 3.8) is 0 Å². The number of nitrogens with two attached hydrogens (primary N) is 1. The van der Waals surface area contributed by atoms with Crippen LogP contribution < -0.4 is 10.6 Å². The van der Waals surface area contributed by atoms with E-state index in [0.29, 0.717) is 11.3 Å². The molecule has 0 unspecified atom stereocenters. The van der Waals surface area contributed by atoms with E-state index in [4.69, 9.17) is 5.73 Å². The number of fused-ring (bicyclic) bond motifs is 1. The molecule has 1 amide bonds. The second-order valence-corrected chi connectivity index (χ2v) is 8.97. The zero-order chi connectivity index (χ0) is 22.0.